The minimum atomic E-state index is -3.57. The van der Waals surface area contributed by atoms with Crippen LogP contribution in [0.3, 0.4) is 0 Å². The maximum atomic E-state index is 12.5. The maximum Gasteiger partial charge on any atom is 0.243 e. The van der Waals surface area contributed by atoms with Gasteiger partial charge in [-0.25, -0.2) is 8.42 Å². The molecule has 1 heterocycles. The zero-order chi connectivity index (χ0) is 14.8. The van der Waals surface area contributed by atoms with Gasteiger partial charge in [-0.3, -0.25) is 4.98 Å². The van der Waals surface area contributed by atoms with Crippen LogP contribution in [0.5, 0.6) is 0 Å². The number of aromatic nitrogens is 1. The first kappa shape index (κ1) is 15.0. The van der Waals surface area contributed by atoms with Crippen molar-refractivity contribution in [1.82, 2.24) is 9.29 Å². The third-order valence-corrected chi connectivity index (χ3v) is 5.35. The smallest absolute Gasteiger partial charge is 0.243 e. The lowest BCUT2D eigenvalue weighted by Crippen LogP contribution is -2.30. The Bertz CT molecular complexity index is 672. The van der Waals surface area contributed by atoms with E-state index < -0.39 is 10.0 Å². The highest BCUT2D eigenvalue weighted by Crippen LogP contribution is 2.25. The lowest BCUT2D eigenvalue weighted by molar-refractivity contribution is 0.392. The van der Waals surface area contributed by atoms with Crippen LogP contribution in [0.25, 0.3) is 0 Å². The summed E-state index contributed by atoms with van der Waals surface area (Å²) < 4.78 is 26.3. The second-order valence-corrected chi connectivity index (χ2v) is 6.84. The predicted octanol–water partition coefficient (Wildman–Crippen LogP) is 3.12. The molecule has 0 spiro atoms. The van der Waals surface area contributed by atoms with Gasteiger partial charge >= 0.3 is 0 Å². The van der Waals surface area contributed by atoms with E-state index in [1.165, 1.54) is 16.4 Å². The van der Waals surface area contributed by atoms with Gasteiger partial charge in [-0.15, -0.1) is 0 Å². The number of halogens is 1. The van der Waals surface area contributed by atoms with Crippen LogP contribution < -0.4 is 0 Å². The van der Waals surface area contributed by atoms with Gasteiger partial charge in [-0.05, 0) is 43.3 Å². The molecule has 0 N–H and O–H groups in total. The highest BCUT2D eigenvalue weighted by atomic mass is 35.5. The summed E-state index contributed by atoms with van der Waals surface area (Å²) in [5.74, 6) is 0. The molecule has 1 unspecified atom stereocenters. The third kappa shape index (κ3) is 3.00. The molecule has 2 aromatic rings. The van der Waals surface area contributed by atoms with Crippen molar-refractivity contribution in [3.8, 4) is 0 Å². The van der Waals surface area contributed by atoms with Crippen LogP contribution in [0, 0.1) is 0 Å². The molecule has 1 atom stereocenters. The number of benzene rings is 1. The molecule has 0 fully saturated rings. The van der Waals surface area contributed by atoms with Crippen LogP contribution in [-0.2, 0) is 10.0 Å². The SMILES string of the molecule is CC(c1ccccn1)N(C)S(=O)(=O)c1ccc(Cl)cc1. The van der Waals surface area contributed by atoms with Gasteiger partial charge in [0.05, 0.1) is 16.6 Å². The number of sulfonamides is 1. The van der Waals surface area contributed by atoms with Crippen LogP contribution >= 0.6 is 11.6 Å². The van der Waals surface area contributed by atoms with Crippen LogP contribution in [0.1, 0.15) is 18.7 Å². The molecule has 1 aromatic heterocycles. The summed E-state index contributed by atoms with van der Waals surface area (Å²) in [6, 6.07) is 11.2. The quantitative estimate of drug-likeness (QED) is 0.872. The second kappa shape index (κ2) is 5.91. The van der Waals surface area contributed by atoms with Gasteiger partial charge in [-0.1, -0.05) is 17.7 Å². The average molecular weight is 311 g/mol. The monoisotopic (exact) mass is 310 g/mol. The van der Waals surface area contributed by atoms with E-state index in [2.05, 4.69) is 4.98 Å². The number of hydrogen-bond donors (Lipinski definition) is 0. The van der Waals surface area contributed by atoms with E-state index in [4.69, 9.17) is 11.6 Å². The van der Waals surface area contributed by atoms with Gasteiger partial charge in [0.2, 0.25) is 10.0 Å². The van der Waals surface area contributed by atoms with Crippen molar-refractivity contribution in [1.29, 1.82) is 0 Å². The molecule has 1 aromatic carbocycles. The van der Waals surface area contributed by atoms with Crippen molar-refractivity contribution in [2.75, 3.05) is 7.05 Å². The Morgan fingerprint density at radius 1 is 1.15 bits per heavy atom. The lowest BCUT2D eigenvalue weighted by atomic mass is 10.2. The maximum absolute atomic E-state index is 12.5. The molecule has 4 nitrogen and oxygen atoms in total. The summed E-state index contributed by atoms with van der Waals surface area (Å²) in [5.41, 5.74) is 0.701. The highest BCUT2D eigenvalue weighted by molar-refractivity contribution is 7.89. The lowest BCUT2D eigenvalue weighted by Gasteiger charge is -2.23. The molecule has 0 amide bonds. The van der Waals surface area contributed by atoms with Gasteiger partial charge in [0, 0.05) is 18.3 Å². The van der Waals surface area contributed by atoms with Gasteiger partial charge in [0.25, 0.3) is 0 Å². The fourth-order valence-electron chi connectivity index (χ4n) is 1.79. The van der Waals surface area contributed by atoms with Gasteiger partial charge in [0.1, 0.15) is 0 Å². The normalized spacial score (nSPS) is 13.4. The molecule has 0 radical (unpaired) electrons. The van der Waals surface area contributed by atoms with E-state index in [1.807, 2.05) is 6.07 Å². The number of pyridine rings is 1. The Labute approximate surface area is 124 Å². The molecule has 2 rings (SSSR count). The molecule has 0 aliphatic rings. The fourth-order valence-corrected chi connectivity index (χ4v) is 3.25. The summed E-state index contributed by atoms with van der Waals surface area (Å²) in [6.07, 6.45) is 1.65. The molecule has 20 heavy (non-hydrogen) atoms. The fraction of sp³-hybridized carbons (Fsp3) is 0.214. The Hall–Kier alpha value is -1.43. The summed E-state index contributed by atoms with van der Waals surface area (Å²) in [4.78, 5) is 4.41. The van der Waals surface area contributed by atoms with Gasteiger partial charge < -0.3 is 0 Å². The number of nitrogens with zero attached hydrogens (tertiary/aromatic N) is 2. The van der Waals surface area contributed by atoms with Crippen molar-refractivity contribution >= 4 is 21.6 Å². The third-order valence-electron chi connectivity index (χ3n) is 3.15. The van der Waals surface area contributed by atoms with E-state index in [-0.39, 0.29) is 10.9 Å². The zero-order valence-electron chi connectivity index (χ0n) is 11.2. The van der Waals surface area contributed by atoms with Crippen molar-refractivity contribution in [3.05, 3.63) is 59.4 Å². The molecular formula is C14H15ClN2O2S. The zero-order valence-corrected chi connectivity index (χ0v) is 12.8. The van der Waals surface area contributed by atoms with E-state index in [9.17, 15) is 8.42 Å². The number of hydrogen-bond acceptors (Lipinski definition) is 3. The summed E-state index contributed by atoms with van der Waals surface area (Å²) in [5, 5.41) is 0.504. The Balaban J connectivity index is 2.32. The second-order valence-electron chi connectivity index (χ2n) is 4.41. The van der Waals surface area contributed by atoms with Crippen LogP contribution in [0.4, 0.5) is 0 Å². The molecule has 0 bridgehead atoms. The Morgan fingerprint density at radius 2 is 1.80 bits per heavy atom. The van der Waals surface area contributed by atoms with Crippen molar-refractivity contribution in [3.63, 3.8) is 0 Å². The standard InChI is InChI=1S/C14H15ClN2O2S/c1-11(14-5-3-4-10-16-14)17(2)20(18,19)13-8-6-12(15)7-9-13/h3-11H,1-2H3. The van der Waals surface area contributed by atoms with Crippen molar-refractivity contribution in [2.45, 2.75) is 17.9 Å². The molecular weight excluding hydrogens is 296 g/mol. The van der Waals surface area contributed by atoms with Crippen molar-refractivity contribution < 1.29 is 8.42 Å². The summed E-state index contributed by atoms with van der Waals surface area (Å²) in [6.45, 7) is 1.80. The van der Waals surface area contributed by atoms with E-state index in [0.29, 0.717) is 10.7 Å². The highest BCUT2D eigenvalue weighted by Gasteiger charge is 2.26. The molecule has 0 saturated carbocycles. The van der Waals surface area contributed by atoms with Crippen LogP contribution in [0.15, 0.2) is 53.6 Å². The van der Waals surface area contributed by atoms with E-state index in [0.717, 1.165) is 0 Å². The first-order valence-electron chi connectivity index (χ1n) is 6.07. The Kier molecular flexibility index (Phi) is 4.42. The first-order chi connectivity index (χ1) is 9.43. The molecule has 0 aliphatic carbocycles. The largest absolute Gasteiger partial charge is 0.260 e. The van der Waals surface area contributed by atoms with E-state index in [1.54, 1.807) is 44.4 Å². The average Bonchev–Trinajstić information content (AvgIpc) is 2.47. The molecule has 0 saturated heterocycles. The topological polar surface area (TPSA) is 50.3 Å². The summed E-state index contributed by atoms with van der Waals surface area (Å²) in [7, 11) is -2.02. The molecule has 0 aliphatic heterocycles. The van der Waals surface area contributed by atoms with Crippen molar-refractivity contribution in [2.24, 2.45) is 0 Å². The van der Waals surface area contributed by atoms with Gasteiger partial charge in [-0.2, -0.15) is 4.31 Å². The Morgan fingerprint density at radius 3 is 2.35 bits per heavy atom. The number of rotatable bonds is 4. The predicted molar refractivity (Wildman–Crippen MR) is 79.1 cm³/mol. The summed E-state index contributed by atoms with van der Waals surface area (Å²) >= 11 is 5.78. The minimum Gasteiger partial charge on any atom is -0.260 e. The molecule has 6 heteroatoms. The molecule has 106 valence electrons. The minimum absolute atomic E-state index is 0.215. The van der Waals surface area contributed by atoms with Gasteiger partial charge in [0.15, 0.2) is 0 Å². The van der Waals surface area contributed by atoms with E-state index >= 15 is 0 Å². The van der Waals surface area contributed by atoms with Crippen LogP contribution in [0.2, 0.25) is 5.02 Å². The van der Waals surface area contributed by atoms with Crippen LogP contribution in [-0.4, -0.2) is 24.8 Å². The first-order valence-corrected chi connectivity index (χ1v) is 7.89.